The highest BCUT2D eigenvalue weighted by Gasteiger charge is 2.53. The number of carbonyl (C=O) groups is 2. The highest BCUT2D eigenvalue weighted by atomic mass is 32.2. The standard InChI is InChI=1S/C27H25N2O4S/c1-16-9-10-17(2)18(13-16)15-28-24-20-7-5-6-8-23(20)34-25(24)26(30)29(27(28)31)19-11-12-21(32-3)22(14-19)33-4/h5-14,25H,15H2,1-4H3/q+1. The summed E-state index contributed by atoms with van der Waals surface area (Å²) in [6.07, 6.45) is 0. The number of fused-ring (bicyclic) bond motifs is 3. The maximum atomic E-state index is 14.0. The van der Waals surface area contributed by atoms with Crippen LogP contribution in [-0.2, 0) is 11.3 Å². The van der Waals surface area contributed by atoms with Crippen molar-refractivity contribution in [3.63, 3.8) is 0 Å². The van der Waals surface area contributed by atoms with E-state index in [2.05, 4.69) is 18.2 Å². The molecule has 0 saturated carbocycles. The van der Waals surface area contributed by atoms with Crippen molar-refractivity contribution in [3.8, 4) is 11.5 Å². The normalized spacial score (nSPS) is 17.1. The van der Waals surface area contributed by atoms with Crippen LogP contribution in [0.5, 0.6) is 11.5 Å². The Kier molecular flexibility index (Phi) is 5.65. The molecule has 0 aromatic heterocycles. The Morgan fingerprint density at radius 2 is 1.71 bits per heavy atom. The fourth-order valence-electron chi connectivity index (χ4n) is 4.49. The molecule has 2 aliphatic rings. The number of benzene rings is 3. The predicted molar refractivity (Wildman–Crippen MR) is 133 cm³/mol. The number of imide groups is 1. The monoisotopic (exact) mass is 473 g/mol. The number of urea groups is 1. The molecule has 0 N–H and O–H groups in total. The predicted octanol–water partition coefficient (Wildman–Crippen LogP) is 4.96. The van der Waals surface area contributed by atoms with Gasteiger partial charge in [0, 0.05) is 16.5 Å². The van der Waals surface area contributed by atoms with Crippen LogP contribution in [0, 0.1) is 13.8 Å². The van der Waals surface area contributed by atoms with E-state index >= 15 is 0 Å². The molecule has 0 bridgehead atoms. The van der Waals surface area contributed by atoms with Gasteiger partial charge in [0.2, 0.25) is 0 Å². The Labute approximate surface area is 202 Å². The average Bonchev–Trinajstić information content (AvgIpc) is 3.23. The molecule has 3 amide bonds. The first kappa shape index (κ1) is 22.2. The summed E-state index contributed by atoms with van der Waals surface area (Å²) in [7, 11) is 3.08. The van der Waals surface area contributed by atoms with Crippen LogP contribution < -0.4 is 14.4 Å². The van der Waals surface area contributed by atoms with Gasteiger partial charge < -0.3 is 9.47 Å². The van der Waals surface area contributed by atoms with Crippen LogP contribution in [0.3, 0.4) is 0 Å². The van der Waals surface area contributed by atoms with E-state index in [0.717, 1.165) is 32.9 Å². The van der Waals surface area contributed by atoms with Crippen LogP contribution in [-0.4, -0.2) is 41.7 Å². The van der Waals surface area contributed by atoms with Gasteiger partial charge in [-0.1, -0.05) is 35.9 Å². The maximum absolute atomic E-state index is 14.0. The third-order valence-electron chi connectivity index (χ3n) is 6.27. The minimum atomic E-state index is -0.506. The van der Waals surface area contributed by atoms with Gasteiger partial charge in [-0.15, -0.1) is 16.7 Å². The summed E-state index contributed by atoms with van der Waals surface area (Å²) in [5.74, 6) is 0.731. The smallest absolute Gasteiger partial charge is 0.493 e. The van der Waals surface area contributed by atoms with E-state index in [-0.39, 0.29) is 11.9 Å². The number of aryl methyl sites for hydroxylation is 2. The minimum Gasteiger partial charge on any atom is -0.493 e. The zero-order valence-electron chi connectivity index (χ0n) is 19.5. The van der Waals surface area contributed by atoms with Crippen LogP contribution in [0.25, 0.3) is 0 Å². The van der Waals surface area contributed by atoms with Crippen LogP contribution in [0.4, 0.5) is 10.5 Å². The molecule has 0 spiro atoms. The Morgan fingerprint density at radius 1 is 0.941 bits per heavy atom. The van der Waals surface area contributed by atoms with Gasteiger partial charge in [0.05, 0.1) is 14.2 Å². The largest absolute Gasteiger partial charge is 0.506 e. The Hall–Kier alpha value is -3.58. The number of thioether (sulfide) groups is 1. The molecule has 34 heavy (non-hydrogen) atoms. The second-order valence-corrected chi connectivity index (χ2v) is 9.54. The maximum Gasteiger partial charge on any atom is 0.506 e. The second kappa shape index (κ2) is 8.65. The number of hydrogen-bond donors (Lipinski definition) is 0. The molecule has 5 rings (SSSR count). The molecule has 0 fully saturated rings. The van der Waals surface area contributed by atoms with E-state index < -0.39 is 5.25 Å². The summed E-state index contributed by atoms with van der Waals surface area (Å²) in [6, 6.07) is 18.8. The molecule has 3 aromatic rings. The summed E-state index contributed by atoms with van der Waals surface area (Å²) in [4.78, 5) is 30.0. The highest BCUT2D eigenvalue weighted by molar-refractivity contribution is 8.02. The van der Waals surface area contributed by atoms with Gasteiger partial charge in [-0.05, 0) is 49.2 Å². The van der Waals surface area contributed by atoms with E-state index in [9.17, 15) is 9.59 Å². The molecule has 0 saturated heterocycles. The Morgan fingerprint density at radius 3 is 2.47 bits per heavy atom. The number of amides is 3. The molecule has 2 heterocycles. The van der Waals surface area contributed by atoms with E-state index in [4.69, 9.17) is 9.47 Å². The number of rotatable bonds is 5. The summed E-state index contributed by atoms with van der Waals surface area (Å²) in [5, 5.41) is -0.506. The number of carbonyl (C=O) groups excluding carboxylic acids is 2. The summed E-state index contributed by atoms with van der Waals surface area (Å²) >= 11 is 1.49. The van der Waals surface area contributed by atoms with Crippen LogP contribution in [0.15, 0.2) is 65.6 Å². The lowest BCUT2D eigenvalue weighted by Crippen LogP contribution is -2.55. The van der Waals surface area contributed by atoms with Gasteiger partial charge in [-0.3, -0.25) is 0 Å². The van der Waals surface area contributed by atoms with Crippen molar-refractivity contribution in [3.05, 3.63) is 82.9 Å². The third kappa shape index (κ3) is 3.56. The van der Waals surface area contributed by atoms with Crippen molar-refractivity contribution >= 4 is 35.1 Å². The summed E-state index contributed by atoms with van der Waals surface area (Å²) < 4.78 is 12.5. The molecule has 0 aliphatic carbocycles. The summed E-state index contributed by atoms with van der Waals surface area (Å²) in [5.41, 5.74) is 5.43. The fraction of sp³-hybridized carbons (Fsp3) is 0.222. The molecule has 1 unspecified atom stereocenters. The molecular weight excluding hydrogens is 448 g/mol. The number of methoxy groups -OCH3 is 2. The van der Waals surface area contributed by atoms with E-state index in [1.807, 2.05) is 38.1 Å². The number of ether oxygens (including phenoxy) is 2. The zero-order valence-corrected chi connectivity index (χ0v) is 20.3. The lowest BCUT2D eigenvalue weighted by atomic mass is 10.0. The van der Waals surface area contributed by atoms with E-state index in [1.165, 1.54) is 23.8 Å². The zero-order chi connectivity index (χ0) is 24.0. The van der Waals surface area contributed by atoms with Crippen LogP contribution >= 0.6 is 11.8 Å². The molecule has 6 nitrogen and oxygen atoms in total. The van der Waals surface area contributed by atoms with E-state index in [1.54, 1.807) is 29.9 Å². The van der Waals surface area contributed by atoms with Crippen molar-refractivity contribution in [2.45, 2.75) is 30.5 Å². The minimum absolute atomic E-state index is 0.259. The van der Waals surface area contributed by atoms with Gasteiger partial charge in [0.1, 0.15) is 17.9 Å². The van der Waals surface area contributed by atoms with Crippen LogP contribution in [0.2, 0.25) is 0 Å². The molecule has 1 atom stereocenters. The quantitative estimate of drug-likeness (QED) is 0.490. The Balaban J connectivity index is 1.67. The number of anilines is 1. The fourth-order valence-corrected chi connectivity index (χ4v) is 5.77. The van der Waals surface area contributed by atoms with Crippen molar-refractivity contribution < 1.29 is 23.6 Å². The second-order valence-electron chi connectivity index (χ2n) is 8.39. The van der Waals surface area contributed by atoms with Crippen LogP contribution in [0.1, 0.15) is 22.3 Å². The van der Waals surface area contributed by atoms with Crippen molar-refractivity contribution in [2.75, 3.05) is 19.1 Å². The highest BCUT2D eigenvalue weighted by Crippen LogP contribution is 2.42. The van der Waals surface area contributed by atoms with Crippen molar-refractivity contribution in [1.82, 2.24) is 0 Å². The molecule has 3 aromatic carbocycles. The topological polar surface area (TPSA) is 58.8 Å². The van der Waals surface area contributed by atoms with Gasteiger partial charge in [0.25, 0.3) is 0 Å². The van der Waals surface area contributed by atoms with Gasteiger partial charge >= 0.3 is 11.9 Å². The number of nitrogens with zero attached hydrogens (tertiary/aromatic N) is 2. The Bertz CT molecular complexity index is 1360. The first-order valence-electron chi connectivity index (χ1n) is 11.0. The van der Waals surface area contributed by atoms with Crippen molar-refractivity contribution in [2.24, 2.45) is 0 Å². The molecule has 0 radical (unpaired) electrons. The van der Waals surface area contributed by atoms with Gasteiger partial charge in [-0.25, -0.2) is 4.79 Å². The lowest BCUT2D eigenvalue weighted by molar-refractivity contribution is -0.444. The molecule has 172 valence electrons. The summed E-state index contributed by atoms with van der Waals surface area (Å²) in [6.45, 7) is 4.46. The van der Waals surface area contributed by atoms with Gasteiger partial charge in [-0.2, -0.15) is 9.37 Å². The van der Waals surface area contributed by atoms with Gasteiger partial charge in [0.15, 0.2) is 16.7 Å². The molecular formula is C27H25N2O4S+. The lowest BCUT2D eigenvalue weighted by Gasteiger charge is -2.25. The first-order chi connectivity index (χ1) is 16.4. The average molecular weight is 474 g/mol. The third-order valence-corrected chi connectivity index (χ3v) is 7.54. The SMILES string of the molecule is COc1ccc(N2C(=O)C3Sc4ccccc4C3=[N+](Cc3cc(C)ccc3C)C2=O)cc1OC. The molecule has 2 aliphatic heterocycles. The number of hydrogen-bond acceptors (Lipinski definition) is 5. The van der Waals surface area contributed by atoms with Crippen molar-refractivity contribution in [1.29, 1.82) is 0 Å². The van der Waals surface area contributed by atoms with E-state index in [0.29, 0.717) is 23.7 Å². The molecule has 7 heteroatoms. The first-order valence-corrected chi connectivity index (χ1v) is 11.9.